The van der Waals surface area contributed by atoms with Gasteiger partial charge in [-0.2, -0.15) is 5.26 Å². The minimum Gasteiger partial charge on any atom is -0.488 e. The number of hydrogen-bond acceptors (Lipinski definition) is 7. The highest BCUT2D eigenvalue weighted by Gasteiger charge is 2.39. The molecule has 162 valence electrons. The highest BCUT2D eigenvalue weighted by atomic mass is 79.9. The maximum absolute atomic E-state index is 12.9. The van der Waals surface area contributed by atoms with E-state index in [1.807, 2.05) is 59.8 Å². The molecule has 0 radical (unpaired) electrons. The van der Waals surface area contributed by atoms with Crippen LogP contribution in [0, 0.1) is 11.3 Å². The molecule has 6 nitrogen and oxygen atoms in total. The number of halogens is 1. The van der Waals surface area contributed by atoms with Crippen molar-refractivity contribution < 1.29 is 14.3 Å². The average molecular weight is 510 g/mol. The summed E-state index contributed by atoms with van der Waals surface area (Å²) in [6.45, 7) is 4.11. The van der Waals surface area contributed by atoms with Crippen LogP contribution < -0.4 is 4.74 Å². The summed E-state index contributed by atoms with van der Waals surface area (Å²) in [5.41, 5.74) is 3.26. The summed E-state index contributed by atoms with van der Waals surface area (Å²) < 4.78 is 12.4. The normalized spacial score (nSPS) is 17.0. The third-order valence-corrected chi connectivity index (χ3v) is 6.37. The molecule has 1 atom stereocenters. The van der Waals surface area contributed by atoms with Crippen LogP contribution in [0.5, 0.6) is 5.75 Å². The van der Waals surface area contributed by atoms with E-state index in [4.69, 9.17) is 9.47 Å². The molecule has 0 saturated carbocycles. The lowest BCUT2D eigenvalue weighted by atomic mass is 9.94. The van der Waals surface area contributed by atoms with Crippen molar-refractivity contribution in [3.05, 3.63) is 86.5 Å². The van der Waals surface area contributed by atoms with Crippen LogP contribution in [0.25, 0.3) is 0 Å². The van der Waals surface area contributed by atoms with Gasteiger partial charge < -0.3 is 14.4 Å². The van der Waals surface area contributed by atoms with Gasteiger partial charge in [0.2, 0.25) is 0 Å². The zero-order chi connectivity index (χ0) is 22.7. The van der Waals surface area contributed by atoms with Gasteiger partial charge in [-0.3, -0.25) is 0 Å². The summed E-state index contributed by atoms with van der Waals surface area (Å²) in [4.78, 5) is 19.5. The molecule has 0 aromatic heterocycles. The van der Waals surface area contributed by atoms with E-state index in [0.717, 1.165) is 20.8 Å². The lowest BCUT2D eigenvalue weighted by molar-refractivity contribution is -0.139. The zero-order valence-electron chi connectivity index (χ0n) is 17.5. The predicted molar refractivity (Wildman–Crippen MR) is 128 cm³/mol. The first-order chi connectivity index (χ1) is 15.5. The number of nitriles is 1. The Morgan fingerprint density at radius 1 is 1.31 bits per heavy atom. The number of hydrogen-bond donors (Lipinski definition) is 0. The number of thioether (sulfide) groups is 1. The highest BCUT2D eigenvalue weighted by Crippen LogP contribution is 2.44. The number of aliphatic imine (C=N–C) groups is 1. The molecular weight excluding hydrogens is 490 g/mol. The third kappa shape index (κ3) is 4.31. The van der Waals surface area contributed by atoms with Crippen LogP contribution in [-0.4, -0.2) is 22.6 Å². The van der Waals surface area contributed by atoms with E-state index in [0.29, 0.717) is 22.6 Å². The van der Waals surface area contributed by atoms with Crippen LogP contribution in [0.4, 0.5) is 0 Å². The van der Waals surface area contributed by atoms with Crippen molar-refractivity contribution in [2.45, 2.75) is 26.5 Å². The van der Waals surface area contributed by atoms with Gasteiger partial charge in [0.25, 0.3) is 0 Å². The van der Waals surface area contributed by atoms with E-state index in [-0.39, 0.29) is 13.2 Å². The molecule has 0 fully saturated rings. The highest BCUT2D eigenvalue weighted by molar-refractivity contribution is 9.10. The van der Waals surface area contributed by atoms with Gasteiger partial charge in [-0.15, -0.1) is 0 Å². The molecule has 2 aromatic rings. The Balaban J connectivity index is 1.76. The number of rotatable bonds is 6. The smallest absolute Gasteiger partial charge is 0.338 e. The minimum atomic E-state index is -0.452. The Kier molecular flexibility index (Phi) is 6.68. The maximum Gasteiger partial charge on any atom is 0.338 e. The van der Waals surface area contributed by atoms with Crippen molar-refractivity contribution in [1.29, 1.82) is 5.26 Å². The van der Waals surface area contributed by atoms with E-state index in [1.54, 1.807) is 13.0 Å². The fraction of sp³-hybridized carbons (Fsp3) is 0.208. The second-order valence-electron chi connectivity index (χ2n) is 7.07. The van der Waals surface area contributed by atoms with Crippen molar-refractivity contribution in [2.24, 2.45) is 4.99 Å². The Morgan fingerprint density at radius 3 is 2.91 bits per heavy atom. The fourth-order valence-corrected chi connectivity index (χ4v) is 4.82. The molecular formula is C24H20BrN3O3S. The van der Waals surface area contributed by atoms with Crippen LogP contribution in [0.2, 0.25) is 0 Å². The topological polar surface area (TPSA) is 74.9 Å². The molecule has 8 heteroatoms. The second kappa shape index (κ2) is 9.63. The molecule has 4 rings (SSSR count). The molecule has 0 amide bonds. The van der Waals surface area contributed by atoms with Gasteiger partial charge in [-0.25, -0.2) is 9.79 Å². The van der Waals surface area contributed by atoms with Gasteiger partial charge in [0, 0.05) is 21.8 Å². The van der Waals surface area contributed by atoms with Gasteiger partial charge in [-0.1, -0.05) is 45.9 Å². The van der Waals surface area contributed by atoms with Crippen LogP contribution in [0.1, 0.15) is 36.6 Å². The molecule has 2 aromatic carbocycles. The summed E-state index contributed by atoms with van der Waals surface area (Å²) in [6.07, 6.45) is 1.91. The Bertz CT molecular complexity index is 1200. The number of allylic oxidation sites excluding steroid dienone is 1. The number of fused-ring (bicyclic) bond motifs is 1. The van der Waals surface area contributed by atoms with E-state index < -0.39 is 12.0 Å². The molecule has 0 spiro atoms. The summed E-state index contributed by atoms with van der Waals surface area (Å²) in [6, 6.07) is 14.8. The van der Waals surface area contributed by atoms with Crippen molar-refractivity contribution in [2.75, 3.05) is 6.61 Å². The summed E-state index contributed by atoms with van der Waals surface area (Å²) in [5, 5.41) is 12.1. The zero-order valence-corrected chi connectivity index (χ0v) is 19.9. The molecule has 2 aliphatic heterocycles. The molecule has 0 bridgehead atoms. The van der Waals surface area contributed by atoms with Gasteiger partial charge in [0.15, 0.2) is 5.17 Å². The van der Waals surface area contributed by atoms with E-state index in [9.17, 15) is 10.1 Å². The van der Waals surface area contributed by atoms with Crippen LogP contribution in [0.3, 0.4) is 0 Å². The van der Waals surface area contributed by atoms with Crippen molar-refractivity contribution in [3.63, 3.8) is 0 Å². The van der Waals surface area contributed by atoms with Crippen LogP contribution in [-0.2, 0) is 16.1 Å². The van der Waals surface area contributed by atoms with E-state index in [2.05, 4.69) is 27.0 Å². The van der Waals surface area contributed by atoms with Gasteiger partial charge >= 0.3 is 5.97 Å². The SMILES string of the molecule is CCOC(=O)C1=C(C)N=C2SC=CN2[C@@H]1c1cc(Br)ccc1OCc1ccccc1C#N. The number of esters is 1. The first-order valence-corrected chi connectivity index (χ1v) is 11.7. The quantitative estimate of drug-likeness (QED) is 0.467. The first kappa shape index (κ1) is 22.2. The standard InChI is InChI=1S/C24H20BrN3O3S/c1-3-30-23(29)21-15(2)27-24-28(10-11-32-24)22(21)19-12-18(25)8-9-20(19)31-14-17-7-5-4-6-16(17)13-26/h4-12,22H,3,14H2,1-2H3/t22-/m1/s1. The molecule has 0 aliphatic carbocycles. The van der Waals surface area contributed by atoms with E-state index >= 15 is 0 Å². The largest absolute Gasteiger partial charge is 0.488 e. The number of amidine groups is 1. The van der Waals surface area contributed by atoms with Crippen molar-refractivity contribution in [1.82, 2.24) is 4.90 Å². The fourth-order valence-electron chi connectivity index (χ4n) is 3.65. The Hall–Kier alpha value is -3.02. The second-order valence-corrected chi connectivity index (χ2v) is 8.86. The monoisotopic (exact) mass is 509 g/mol. The van der Waals surface area contributed by atoms with Crippen molar-refractivity contribution >= 4 is 38.8 Å². The first-order valence-electron chi connectivity index (χ1n) is 10.0. The van der Waals surface area contributed by atoms with Crippen LogP contribution in [0.15, 0.2) is 74.8 Å². The third-order valence-electron chi connectivity index (χ3n) is 5.10. The minimum absolute atomic E-state index is 0.230. The van der Waals surface area contributed by atoms with E-state index in [1.165, 1.54) is 11.8 Å². The maximum atomic E-state index is 12.9. The molecule has 0 saturated heterocycles. The lowest BCUT2D eigenvalue weighted by Crippen LogP contribution is -2.34. The molecule has 0 unspecified atom stereocenters. The van der Waals surface area contributed by atoms with Crippen molar-refractivity contribution in [3.8, 4) is 11.8 Å². The Labute approximate surface area is 199 Å². The number of carbonyl (C=O) groups is 1. The van der Waals surface area contributed by atoms with Gasteiger partial charge in [0.05, 0.1) is 35.6 Å². The number of ether oxygens (including phenoxy) is 2. The number of benzene rings is 2. The predicted octanol–water partition coefficient (Wildman–Crippen LogP) is 5.67. The molecule has 0 N–H and O–H groups in total. The molecule has 32 heavy (non-hydrogen) atoms. The molecule has 2 aliphatic rings. The summed E-state index contributed by atoms with van der Waals surface area (Å²) in [7, 11) is 0. The van der Waals surface area contributed by atoms with Gasteiger partial charge in [0.1, 0.15) is 12.4 Å². The average Bonchev–Trinajstić information content (AvgIpc) is 3.25. The lowest BCUT2D eigenvalue weighted by Gasteiger charge is -2.34. The summed E-state index contributed by atoms with van der Waals surface area (Å²) in [5.74, 6) is 0.218. The van der Waals surface area contributed by atoms with Gasteiger partial charge in [-0.05, 0) is 43.5 Å². The molecule has 2 heterocycles. The van der Waals surface area contributed by atoms with Crippen LogP contribution >= 0.6 is 27.7 Å². The summed E-state index contributed by atoms with van der Waals surface area (Å²) >= 11 is 5.06. The number of nitrogens with zero attached hydrogens (tertiary/aromatic N) is 3. The Morgan fingerprint density at radius 2 is 2.12 bits per heavy atom. The number of carbonyl (C=O) groups excluding carboxylic acids is 1.